The van der Waals surface area contributed by atoms with Gasteiger partial charge in [0.05, 0.1) is 22.9 Å². The highest BCUT2D eigenvalue weighted by atomic mass is 32.2. The Morgan fingerprint density at radius 2 is 1.92 bits per heavy atom. The zero-order valence-electron chi connectivity index (χ0n) is 20.5. The number of aliphatic hydroxyl groups is 1. The third-order valence-corrected chi connectivity index (χ3v) is 6.73. The highest BCUT2D eigenvalue weighted by molar-refractivity contribution is 7.93. The molecule has 0 radical (unpaired) electrons. The van der Waals surface area contributed by atoms with Crippen LogP contribution in [0, 0.1) is 0 Å². The van der Waals surface area contributed by atoms with E-state index in [1.54, 1.807) is 55.6 Å². The standard InChI is InChI=1S/C25H29N5O5S/c1-5-35-25(33)30-36(4,34)21-11-9-20(10-12-21)28-24-26-14-22(23(29-24)27-16(2)15-31)19-8-6-7-18(13-19)17(3)32/h6-14,16,31H,5,15H2,1-4H3,(H2,26,27,28,29)/t16-,36?/m1/s1. The number of benzene rings is 2. The van der Waals surface area contributed by atoms with Crippen LogP contribution in [0.5, 0.6) is 0 Å². The number of Topliss-reactive ketones (excluding diaryl/α,β-unsaturated/α-hetero) is 1. The molecular formula is C25H29N5O5S. The molecule has 0 fully saturated rings. The van der Waals surface area contributed by atoms with Gasteiger partial charge in [-0.05, 0) is 56.7 Å². The van der Waals surface area contributed by atoms with Crippen molar-refractivity contribution in [3.05, 3.63) is 60.3 Å². The van der Waals surface area contributed by atoms with Crippen LogP contribution in [0.15, 0.2) is 64.0 Å². The molecule has 2 atom stereocenters. The van der Waals surface area contributed by atoms with E-state index < -0.39 is 15.8 Å². The minimum atomic E-state index is -2.96. The number of nitrogens with zero attached hydrogens (tertiary/aromatic N) is 3. The van der Waals surface area contributed by atoms with E-state index in [-0.39, 0.29) is 31.0 Å². The minimum absolute atomic E-state index is 0.0520. The maximum Gasteiger partial charge on any atom is 0.442 e. The molecular weight excluding hydrogens is 482 g/mol. The van der Waals surface area contributed by atoms with E-state index in [1.807, 2.05) is 13.0 Å². The number of aromatic nitrogens is 2. The van der Waals surface area contributed by atoms with Gasteiger partial charge in [-0.25, -0.2) is 14.0 Å². The van der Waals surface area contributed by atoms with Gasteiger partial charge in [-0.1, -0.05) is 18.2 Å². The lowest BCUT2D eigenvalue weighted by molar-refractivity contribution is 0.101. The molecule has 10 nitrogen and oxygen atoms in total. The highest BCUT2D eigenvalue weighted by Gasteiger charge is 2.14. The Morgan fingerprint density at radius 1 is 1.19 bits per heavy atom. The maximum atomic E-state index is 12.8. The van der Waals surface area contributed by atoms with Crippen molar-refractivity contribution in [1.82, 2.24) is 9.97 Å². The minimum Gasteiger partial charge on any atom is -0.448 e. The van der Waals surface area contributed by atoms with Crippen LogP contribution in [-0.2, 0) is 14.5 Å². The Kier molecular flexibility index (Phi) is 8.73. The van der Waals surface area contributed by atoms with Crippen molar-refractivity contribution in [2.45, 2.75) is 31.7 Å². The number of nitrogens with one attached hydrogen (secondary N) is 2. The van der Waals surface area contributed by atoms with Crippen molar-refractivity contribution in [1.29, 1.82) is 0 Å². The summed E-state index contributed by atoms with van der Waals surface area (Å²) in [5.41, 5.74) is 2.62. The van der Waals surface area contributed by atoms with Crippen LogP contribution in [0.4, 0.5) is 22.2 Å². The number of rotatable bonds is 9. The van der Waals surface area contributed by atoms with E-state index >= 15 is 0 Å². The number of aliphatic hydroxyl groups excluding tert-OH is 1. The summed E-state index contributed by atoms with van der Waals surface area (Å²) in [7, 11) is -2.96. The second-order valence-electron chi connectivity index (χ2n) is 8.06. The molecule has 0 bridgehead atoms. The van der Waals surface area contributed by atoms with Crippen LogP contribution >= 0.6 is 0 Å². The molecule has 36 heavy (non-hydrogen) atoms. The fourth-order valence-corrected chi connectivity index (χ4v) is 4.30. The first-order valence-corrected chi connectivity index (χ1v) is 13.2. The largest absolute Gasteiger partial charge is 0.448 e. The first-order valence-electron chi connectivity index (χ1n) is 11.2. The number of hydrogen-bond acceptors (Lipinski definition) is 9. The number of carbonyl (C=O) groups is 2. The SMILES string of the molecule is CCOC(=O)N=S(C)(=O)c1ccc(Nc2ncc(-c3cccc(C(C)=O)c3)c(N[C@H](C)CO)n2)cc1. The molecule has 1 unspecified atom stereocenters. The Hall–Kier alpha value is -3.83. The third kappa shape index (κ3) is 6.86. The van der Waals surface area contributed by atoms with Crippen molar-refractivity contribution in [2.75, 3.05) is 30.1 Å². The Balaban J connectivity index is 1.90. The van der Waals surface area contributed by atoms with Gasteiger partial charge >= 0.3 is 6.09 Å². The van der Waals surface area contributed by atoms with Gasteiger partial charge in [0.25, 0.3) is 0 Å². The molecule has 1 aromatic heterocycles. The molecule has 3 rings (SSSR count). The smallest absolute Gasteiger partial charge is 0.442 e. The molecule has 1 amide bonds. The summed E-state index contributed by atoms with van der Waals surface area (Å²) in [6.45, 7) is 5.01. The van der Waals surface area contributed by atoms with Gasteiger partial charge in [0.15, 0.2) is 5.78 Å². The van der Waals surface area contributed by atoms with Crippen molar-refractivity contribution in [3.8, 4) is 11.1 Å². The van der Waals surface area contributed by atoms with E-state index in [2.05, 4.69) is 25.0 Å². The molecule has 190 valence electrons. The van der Waals surface area contributed by atoms with E-state index in [0.717, 1.165) is 5.56 Å². The predicted molar refractivity (Wildman–Crippen MR) is 139 cm³/mol. The third-order valence-electron chi connectivity index (χ3n) is 5.09. The number of carbonyl (C=O) groups excluding carboxylic acids is 2. The zero-order chi connectivity index (χ0) is 26.3. The molecule has 0 saturated carbocycles. The Bertz CT molecular complexity index is 1370. The van der Waals surface area contributed by atoms with Crippen LogP contribution in [0.3, 0.4) is 0 Å². The van der Waals surface area contributed by atoms with E-state index in [4.69, 9.17) is 4.74 Å². The molecule has 1 heterocycles. The van der Waals surface area contributed by atoms with Gasteiger partial charge < -0.3 is 20.5 Å². The van der Waals surface area contributed by atoms with Gasteiger partial charge in [-0.2, -0.15) is 4.98 Å². The molecule has 0 saturated heterocycles. The number of ether oxygens (including phenoxy) is 1. The number of amides is 1. The van der Waals surface area contributed by atoms with E-state index in [1.165, 1.54) is 13.2 Å². The zero-order valence-corrected chi connectivity index (χ0v) is 21.3. The Labute approximate surface area is 210 Å². The topological polar surface area (TPSA) is 143 Å². The fourth-order valence-electron chi connectivity index (χ4n) is 3.21. The summed E-state index contributed by atoms with van der Waals surface area (Å²) in [6, 6.07) is 13.4. The molecule has 3 N–H and O–H groups in total. The Morgan fingerprint density at radius 3 is 2.56 bits per heavy atom. The summed E-state index contributed by atoms with van der Waals surface area (Å²) in [5, 5.41) is 15.8. The number of anilines is 3. The summed E-state index contributed by atoms with van der Waals surface area (Å²) < 4.78 is 21.2. The molecule has 2 aromatic carbocycles. The van der Waals surface area contributed by atoms with Crippen LogP contribution in [-0.4, -0.2) is 56.7 Å². The van der Waals surface area contributed by atoms with Gasteiger partial charge in [0.1, 0.15) is 5.82 Å². The first-order chi connectivity index (χ1) is 17.1. The van der Waals surface area contributed by atoms with Crippen LogP contribution in [0.1, 0.15) is 31.1 Å². The number of ketones is 1. The van der Waals surface area contributed by atoms with Crippen LogP contribution < -0.4 is 10.6 Å². The lowest BCUT2D eigenvalue weighted by Gasteiger charge is -2.17. The first kappa shape index (κ1) is 26.8. The van der Waals surface area contributed by atoms with Gasteiger partial charge in [-0.15, -0.1) is 4.36 Å². The summed E-state index contributed by atoms with van der Waals surface area (Å²) in [6.07, 6.45) is 2.13. The van der Waals surface area contributed by atoms with Gasteiger partial charge in [-0.3, -0.25) is 4.79 Å². The number of hydrogen-bond donors (Lipinski definition) is 3. The molecule has 0 aliphatic heterocycles. The average Bonchev–Trinajstić information content (AvgIpc) is 2.84. The van der Waals surface area contributed by atoms with Crippen molar-refractivity contribution in [3.63, 3.8) is 0 Å². The highest BCUT2D eigenvalue weighted by Crippen LogP contribution is 2.29. The predicted octanol–water partition coefficient (Wildman–Crippen LogP) is 4.50. The van der Waals surface area contributed by atoms with Crippen LogP contribution in [0.2, 0.25) is 0 Å². The molecule has 11 heteroatoms. The molecule has 0 aliphatic carbocycles. The lowest BCUT2D eigenvalue weighted by atomic mass is 10.0. The van der Waals surface area contributed by atoms with Crippen molar-refractivity contribution < 1.29 is 23.6 Å². The quantitative estimate of drug-likeness (QED) is 0.354. The lowest BCUT2D eigenvalue weighted by Crippen LogP contribution is -2.21. The van der Waals surface area contributed by atoms with Crippen molar-refractivity contribution >= 4 is 39.1 Å². The summed E-state index contributed by atoms with van der Waals surface area (Å²) >= 11 is 0. The normalized spacial score (nSPS) is 13.2. The molecule has 0 spiro atoms. The summed E-state index contributed by atoms with van der Waals surface area (Å²) in [4.78, 5) is 32.8. The van der Waals surface area contributed by atoms with Gasteiger partial charge in [0.2, 0.25) is 5.95 Å². The second kappa shape index (κ2) is 11.7. The van der Waals surface area contributed by atoms with Crippen molar-refractivity contribution in [2.24, 2.45) is 4.36 Å². The second-order valence-corrected chi connectivity index (χ2v) is 10.3. The van der Waals surface area contributed by atoms with Crippen LogP contribution in [0.25, 0.3) is 11.1 Å². The van der Waals surface area contributed by atoms with Gasteiger partial charge in [0, 0.05) is 40.2 Å². The van der Waals surface area contributed by atoms with E-state index in [9.17, 15) is 18.9 Å². The fraction of sp³-hybridized carbons (Fsp3) is 0.280. The maximum absolute atomic E-state index is 12.8. The molecule has 0 aliphatic rings. The summed E-state index contributed by atoms with van der Waals surface area (Å²) in [5.74, 6) is 0.718. The monoisotopic (exact) mass is 511 g/mol. The average molecular weight is 512 g/mol. The van der Waals surface area contributed by atoms with E-state index in [0.29, 0.717) is 27.5 Å². The molecule has 3 aromatic rings.